The van der Waals surface area contributed by atoms with Crippen molar-refractivity contribution >= 4 is 12.0 Å². The van der Waals surface area contributed by atoms with Crippen LogP contribution in [0.2, 0.25) is 0 Å². The highest BCUT2D eigenvalue weighted by Crippen LogP contribution is 2.23. The zero-order valence-corrected chi connectivity index (χ0v) is 10.8. The lowest BCUT2D eigenvalue weighted by molar-refractivity contribution is -0.140. The molecule has 6 nitrogen and oxygen atoms in total. The number of carboxylic acids is 1. The quantitative estimate of drug-likeness (QED) is 0.652. The molecule has 104 valence electrons. The molecule has 0 radical (unpaired) electrons. The van der Waals surface area contributed by atoms with E-state index in [1.165, 1.54) is 0 Å². The number of hydrogen-bond acceptors (Lipinski definition) is 3. The van der Waals surface area contributed by atoms with Crippen LogP contribution in [0.25, 0.3) is 0 Å². The molecule has 0 bridgehead atoms. The zero-order valence-electron chi connectivity index (χ0n) is 10.8. The van der Waals surface area contributed by atoms with E-state index in [2.05, 4.69) is 5.32 Å². The van der Waals surface area contributed by atoms with Crippen molar-refractivity contribution in [2.75, 3.05) is 19.7 Å². The van der Waals surface area contributed by atoms with E-state index in [1.54, 1.807) is 11.8 Å². The van der Waals surface area contributed by atoms with Gasteiger partial charge < -0.3 is 20.4 Å². The molecule has 1 rings (SSSR count). The van der Waals surface area contributed by atoms with Crippen molar-refractivity contribution in [3.05, 3.63) is 0 Å². The van der Waals surface area contributed by atoms with Crippen LogP contribution in [0.4, 0.5) is 4.79 Å². The lowest BCUT2D eigenvalue weighted by Crippen LogP contribution is -2.48. The fraction of sp³-hybridized carbons (Fsp3) is 0.833. The Morgan fingerprint density at radius 3 is 2.50 bits per heavy atom. The maximum absolute atomic E-state index is 12.0. The number of carbonyl (C=O) groups excluding carboxylic acids is 1. The van der Waals surface area contributed by atoms with Crippen LogP contribution in [0.1, 0.15) is 32.6 Å². The molecule has 1 atom stereocenters. The highest BCUT2D eigenvalue weighted by molar-refractivity contribution is 5.76. The second-order valence-corrected chi connectivity index (χ2v) is 4.78. The van der Waals surface area contributed by atoms with Crippen LogP contribution in [0.5, 0.6) is 0 Å². The van der Waals surface area contributed by atoms with Gasteiger partial charge in [0.2, 0.25) is 0 Å². The van der Waals surface area contributed by atoms with Gasteiger partial charge in [0, 0.05) is 19.1 Å². The molecule has 1 fully saturated rings. The predicted molar refractivity (Wildman–Crippen MR) is 66.2 cm³/mol. The third-order valence-corrected chi connectivity index (χ3v) is 3.35. The number of aliphatic hydroxyl groups excluding tert-OH is 1. The Morgan fingerprint density at radius 2 is 2.00 bits per heavy atom. The normalized spacial score (nSPS) is 17.4. The van der Waals surface area contributed by atoms with E-state index in [0.717, 1.165) is 25.7 Å². The number of nitrogens with one attached hydrogen (secondary N) is 1. The summed E-state index contributed by atoms with van der Waals surface area (Å²) in [5, 5.41) is 20.4. The molecule has 0 aromatic carbocycles. The maximum Gasteiger partial charge on any atom is 0.317 e. The van der Waals surface area contributed by atoms with Crippen molar-refractivity contribution in [3.63, 3.8) is 0 Å². The Kier molecular flexibility index (Phi) is 5.91. The first kappa shape index (κ1) is 14.8. The fourth-order valence-corrected chi connectivity index (χ4v) is 2.20. The van der Waals surface area contributed by atoms with Crippen LogP contribution in [0.15, 0.2) is 0 Å². The fourth-order valence-electron chi connectivity index (χ4n) is 2.20. The third-order valence-electron chi connectivity index (χ3n) is 3.35. The largest absolute Gasteiger partial charge is 0.481 e. The number of nitrogens with zero attached hydrogens (tertiary/aromatic N) is 1. The molecule has 2 amide bonds. The van der Waals surface area contributed by atoms with Crippen molar-refractivity contribution < 1.29 is 19.8 Å². The van der Waals surface area contributed by atoms with Gasteiger partial charge in [0.1, 0.15) is 0 Å². The lowest BCUT2D eigenvalue weighted by Gasteiger charge is -2.28. The molecule has 1 aliphatic rings. The van der Waals surface area contributed by atoms with Gasteiger partial charge in [-0.25, -0.2) is 4.79 Å². The standard InChI is InChI=1S/C12H22N2O4/c1-9(11(16)17)8-13-12(18)14(6-7-15)10-4-2-3-5-10/h9-10,15H,2-8H2,1H3,(H,13,18)(H,16,17). The second-order valence-electron chi connectivity index (χ2n) is 4.78. The molecule has 1 saturated carbocycles. The van der Waals surface area contributed by atoms with E-state index in [9.17, 15) is 9.59 Å². The summed E-state index contributed by atoms with van der Waals surface area (Å²) in [6.07, 6.45) is 4.13. The van der Waals surface area contributed by atoms with Crippen LogP contribution < -0.4 is 5.32 Å². The number of aliphatic hydroxyl groups is 1. The van der Waals surface area contributed by atoms with Crippen molar-refractivity contribution in [3.8, 4) is 0 Å². The van der Waals surface area contributed by atoms with Gasteiger partial charge in [-0.1, -0.05) is 19.8 Å². The van der Waals surface area contributed by atoms with Crippen LogP contribution >= 0.6 is 0 Å². The Labute approximate surface area is 107 Å². The average Bonchev–Trinajstić information content (AvgIpc) is 2.85. The summed E-state index contributed by atoms with van der Waals surface area (Å²) in [6, 6.07) is -0.0960. The van der Waals surface area contributed by atoms with Gasteiger partial charge in [0.05, 0.1) is 12.5 Å². The Morgan fingerprint density at radius 1 is 1.39 bits per heavy atom. The zero-order chi connectivity index (χ0) is 13.5. The van der Waals surface area contributed by atoms with Gasteiger partial charge in [-0.2, -0.15) is 0 Å². The van der Waals surface area contributed by atoms with Crippen LogP contribution in [0.3, 0.4) is 0 Å². The molecule has 6 heteroatoms. The molecule has 1 unspecified atom stereocenters. The number of rotatable bonds is 6. The van der Waals surface area contributed by atoms with E-state index in [1.807, 2.05) is 0 Å². The number of amides is 2. The van der Waals surface area contributed by atoms with E-state index in [4.69, 9.17) is 10.2 Å². The summed E-state index contributed by atoms with van der Waals surface area (Å²) in [6.45, 7) is 1.90. The minimum Gasteiger partial charge on any atom is -0.481 e. The summed E-state index contributed by atoms with van der Waals surface area (Å²) in [5.74, 6) is -1.53. The summed E-state index contributed by atoms with van der Waals surface area (Å²) in [7, 11) is 0. The minimum absolute atomic E-state index is 0.0710. The Hall–Kier alpha value is -1.30. The van der Waals surface area contributed by atoms with Crippen LogP contribution in [-0.4, -0.2) is 52.9 Å². The van der Waals surface area contributed by atoms with Gasteiger partial charge in [-0.3, -0.25) is 4.79 Å². The maximum atomic E-state index is 12.0. The third kappa shape index (κ3) is 4.18. The first-order chi connectivity index (χ1) is 8.56. The number of aliphatic carboxylic acids is 1. The Balaban J connectivity index is 2.46. The van der Waals surface area contributed by atoms with Gasteiger partial charge >= 0.3 is 12.0 Å². The molecule has 0 aliphatic heterocycles. The molecule has 18 heavy (non-hydrogen) atoms. The molecule has 0 heterocycles. The highest BCUT2D eigenvalue weighted by Gasteiger charge is 2.26. The molecule has 0 saturated heterocycles. The van der Waals surface area contributed by atoms with Crippen LogP contribution in [-0.2, 0) is 4.79 Å². The lowest BCUT2D eigenvalue weighted by atomic mass is 10.2. The summed E-state index contributed by atoms with van der Waals surface area (Å²) < 4.78 is 0. The van der Waals surface area contributed by atoms with E-state index < -0.39 is 11.9 Å². The monoisotopic (exact) mass is 258 g/mol. The molecule has 0 aromatic heterocycles. The first-order valence-corrected chi connectivity index (χ1v) is 6.44. The van der Waals surface area contributed by atoms with E-state index in [0.29, 0.717) is 6.54 Å². The molecule has 3 N–H and O–H groups in total. The van der Waals surface area contributed by atoms with E-state index >= 15 is 0 Å². The summed E-state index contributed by atoms with van der Waals surface area (Å²) in [5.41, 5.74) is 0. The second kappa shape index (κ2) is 7.20. The SMILES string of the molecule is CC(CNC(=O)N(CCO)C1CCCC1)C(=O)O. The van der Waals surface area contributed by atoms with Crippen molar-refractivity contribution in [1.29, 1.82) is 0 Å². The molecular weight excluding hydrogens is 236 g/mol. The number of carbonyl (C=O) groups is 2. The van der Waals surface area contributed by atoms with Gasteiger partial charge in [-0.15, -0.1) is 0 Å². The minimum atomic E-state index is -0.926. The average molecular weight is 258 g/mol. The van der Waals surface area contributed by atoms with Gasteiger partial charge in [-0.05, 0) is 12.8 Å². The Bertz CT molecular complexity index is 290. The van der Waals surface area contributed by atoms with Gasteiger partial charge in [0.15, 0.2) is 0 Å². The first-order valence-electron chi connectivity index (χ1n) is 6.44. The number of carboxylic acid groups (broad SMARTS) is 1. The van der Waals surface area contributed by atoms with Crippen LogP contribution in [0, 0.1) is 5.92 Å². The topological polar surface area (TPSA) is 89.9 Å². The highest BCUT2D eigenvalue weighted by atomic mass is 16.4. The molecule has 0 spiro atoms. The number of urea groups is 1. The summed E-state index contributed by atoms with van der Waals surface area (Å²) >= 11 is 0. The summed E-state index contributed by atoms with van der Waals surface area (Å²) in [4.78, 5) is 24.2. The van der Waals surface area contributed by atoms with E-state index in [-0.39, 0.29) is 25.2 Å². The molecule has 0 aromatic rings. The van der Waals surface area contributed by atoms with Gasteiger partial charge in [0.25, 0.3) is 0 Å². The smallest absolute Gasteiger partial charge is 0.317 e. The molecular formula is C12H22N2O4. The molecule has 1 aliphatic carbocycles. The predicted octanol–water partition coefficient (Wildman–Crippen LogP) is 0.654. The number of hydrogen-bond donors (Lipinski definition) is 3. The van der Waals surface area contributed by atoms with Crippen molar-refractivity contribution in [2.24, 2.45) is 5.92 Å². The van der Waals surface area contributed by atoms with Crippen molar-refractivity contribution in [2.45, 2.75) is 38.6 Å². The van der Waals surface area contributed by atoms with Crippen molar-refractivity contribution in [1.82, 2.24) is 10.2 Å².